The summed E-state index contributed by atoms with van der Waals surface area (Å²) in [6, 6.07) is 12.0. The number of hydrogen-bond acceptors (Lipinski definition) is 7. The van der Waals surface area contributed by atoms with E-state index in [0.29, 0.717) is 28.9 Å². The summed E-state index contributed by atoms with van der Waals surface area (Å²) in [6.45, 7) is 1.73. The predicted molar refractivity (Wildman–Crippen MR) is 131 cm³/mol. The molecule has 0 saturated carbocycles. The molecule has 2 heterocycles. The number of anilines is 4. The van der Waals surface area contributed by atoms with Crippen LogP contribution in [0.1, 0.15) is 0 Å². The van der Waals surface area contributed by atoms with Crippen molar-refractivity contribution in [2.24, 2.45) is 0 Å². The van der Waals surface area contributed by atoms with Crippen molar-refractivity contribution in [3.05, 3.63) is 60.7 Å². The number of halogens is 1. The number of rotatable bonds is 8. The monoisotopic (exact) mass is 449 g/mol. The first-order valence-corrected chi connectivity index (χ1v) is 10.6. The second-order valence-electron chi connectivity index (χ2n) is 8.09. The number of nitrogen functional groups attached to an aromatic ring is 1. The van der Waals surface area contributed by atoms with Gasteiger partial charge in [-0.3, -0.25) is 0 Å². The lowest BCUT2D eigenvalue weighted by molar-refractivity contribution is 0.413. The van der Waals surface area contributed by atoms with Gasteiger partial charge in [-0.1, -0.05) is 0 Å². The topological polar surface area (TPSA) is 84.5 Å². The van der Waals surface area contributed by atoms with Gasteiger partial charge in [-0.15, -0.1) is 0 Å². The molecule has 0 bridgehead atoms. The third-order valence-corrected chi connectivity index (χ3v) is 5.43. The molecule has 4 aromatic rings. The number of likely N-dealkylation sites (N-methyl/N-ethyl adjacent to an activating group) is 2. The molecular weight excluding hydrogens is 421 g/mol. The Hall–Kier alpha value is -3.85. The average Bonchev–Trinajstić information content (AvgIpc) is 3.21. The Labute approximate surface area is 192 Å². The first kappa shape index (κ1) is 22.3. The minimum atomic E-state index is -0.272. The molecule has 33 heavy (non-hydrogen) atoms. The van der Waals surface area contributed by atoms with E-state index in [2.05, 4.69) is 25.1 Å². The maximum atomic E-state index is 13.5. The van der Waals surface area contributed by atoms with Crippen LogP contribution in [-0.2, 0) is 0 Å². The second-order valence-corrected chi connectivity index (χ2v) is 8.09. The summed E-state index contributed by atoms with van der Waals surface area (Å²) in [5.74, 6) is 1.40. The van der Waals surface area contributed by atoms with Gasteiger partial charge in [-0.25, -0.2) is 9.37 Å². The Bertz CT molecular complexity index is 1270. The van der Waals surface area contributed by atoms with Crippen molar-refractivity contribution in [2.75, 3.05) is 57.3 Å². The van der Waals surface area contributed by atoms with Crippen molar-refractivity contribution < 1.29 is 9.13 Å². The molecule has 0 radical (unpaired) electrons. The zero-order valence-electron chi connectivity index (χ0n) is 19.2. The molecule has 0 spiro atoms. The van der Waals surface area contributed by atoms with Crippen molar-refractivity contribution in [2.45, 2.75) is 0 Å². The van der Waals surface area contributed by atoms with Crippen LogP contribution in [0.25, 0.3) is 16.7 Å². The highest BCUT2D eigenvalue weighted by atomic mass is 19.1. The van der Waals surface area contributed by atoms with E-state index in [9.17, 15) is 4.39 Å². The average molecular weight is 450 g/mol. The van der Waals surface area contributed by atoms with E-state index in [1.54, 1.807) is 25.4 Å². The van der Waals surface area contributed by atoms with Gasteiger partial charge in [-0.05, 0) is 50.5 Å². The standard InChI is InChI=1S/C24H28FN7O/c1-30(2)11-12-31(3)21-15-22(33-4)19(14-18(21)26)28-24-27-9-7-23(29-24)32-10-8-16-13-17(25)5-6-20(16)32/h5-10,13-15H,11-12,26H2,1-4H3,(H,27,28,29). The van der Waals surface area contributed by atoms with Gasteiger partial charge in [0.15, 0.2) is 0 Å². The Balaban J connectivity index is 1.62. The summed E-state index contributed by atoms with van der Waals surface area (Å²) in [6.07, 6.45) is 3.52. The normalized spacial score (nSPS) is 11.2. The SMILES string of the molecule is COc1cc(N(C)CCN(C)C)c(N)cc1Nc1nccc(-n2ccc3cc(F)ccc32)n1. The molecule has 2 aromatic carbocycles. The van der Waals surface area contributed by atoms with Crippen LogP contribution in [0.15, 0.2) is 54.9 Å². The molecule has 0 fully saturated rings. The molecule has 2 aromatic heterocycles. The fourth-order valence-corrected chi connectivity index (χ4v) is 3.63. The molecular formula is C24H28FN7O. The van der Waals surface area contributed by atoms with Crippen molar-refractivity contribution in [1.82, 2.24) is 19.4 Å². The quantitative estimate of drug-likeness (QED) is 0.395. The van der Waals surface area contributed by atoms with Gasteiger partial charge >= 0.3 is 0 Å². The van der Waals surface area contributed by atoms with Gasteiger partial charge in [-0.2, -0.15) is 4.98 Å². The van der Waals surface area contributed by atoms with Crippen LogP contribution in [-0.4, -0.2) is 60.8 Å². The number of ether oxygens (including phenoxy) is 1. The number of nitrogens with two attached hydrogens (primary N) is 1. The van der Waals surface area contributed by atoms with E-state index in [4.69, 9.17) is 10.5 Å². The highest BCUT2D eigenvalue weighted by Crippen LogP contribution is 2.36. The third kappa shape index (κ3) is 4.83. The lowest BCUT2D eigenvalue weighted by Crippen LogP contribution is -2.29. The molecule has 0 aliphatic carbocycles. The van der Waals surface area contributed by atoms with Gasteiger partial charge in [0.2, 0.25) is 5.95 Å². The number of hydrogen-bond donors (Lipinski definition) is 2. The lowest BCUT2D eigenvalue weighted by Gasteiger charge is -2.24. The highest BCUT2D eigenvalue weighted by molar-refractivity contribution is 5.82. The smallest absolute Gasteiger partial charge is 0.229 e. The Morgan fingerprint density at radius 2 is 1.91 bits per heavy atom. The molecule has 0 amide bonds. The lowest BCUT2D eigenvalue weighted by atomic mass is 10.2. The summed E-state index contributed by atoms with van der Waals surface area (Å²) < 4.78 is 21.0. The summed E-state index contributed by atoms with van der Waals surface area (Å²) in [4.78, 5) is 13.2. The number of benzene rings is 2. The minimum absolute atomic E-state index is 0.272. The number of aromatic nitrogens is 3. The molecule has 0 aliphatic heterocycles. The van der Waals surface area contributed by atoms with Crippen molar-refractivity contribution in [3.63, 3.8) is 0 Å². The van der Waals surface area contributed by atoms with Crippen LogP contribution in [0, 0.1) is 5.82 Å². The van der Waals surface area contributed by atoms with Crippen LogP contribution in [0.2, 0.25) is 0 Å². The van der Waals surface area contributed by atoms with E-state index < -0.39 is 0 Å². The second kappa shape index (κ2) is 9.33. The third-order valence-electron chi connectivity index (χ3n) is 5.43. The van der Waals surface area contributed by atoms with E-state index in [0.717, 1.165) is 29.7 Å². The Kier molecular flexibility index (Phi) is 6.32. The van der Waals surface area contributed by atoms with E-state index in [-0.39, 0.29) is 5.82 Å². The maximum Gasteiger partial charge on any atom is 0.229 e. The van der Waals surface area contributed by atoms with Crippen LogP contribution in [0.3, 0.4) is 0 Å². The molecule has 0 saturated heterocycles. The summed E-state index contributed by atoms with van der Waals surface area (Å²) in [5.41, 5.74) is 9.39. The van der Waals surface area contributed by atoms with Gasteiger partial charge < -0.3 is 30.2 Å². The molecule has 3 N–H and O–H groups in total. The van der Waals surface area contributed by atoms with Gasteiger partial charge in [0, 0.05) is 44.0 Å². The molecule has 172 valence electrons. The highest BCUT2D eigenvalue weighted by Gasteiger charge is 2.14. The molecule has 9 heteroatoms. The van der Waals surface area contributed by atoms with Crippen molar-refractivity contribution >= 4 is 33.9 Å². The van der Waals surface area contributed by atoms with Crippen LogP contribution >= 0.6 is 0 Å². The van der Waals surface area contributed by atoms with E-state index in [1.165, 1.54) is 12.1 Å². The van der Waals surface area contributed by atoms with Gasteiger partial charge in [0.25, 0.3) is 0 Å². The molecule has 8 nitrogen and oxygen atoms in total. The van der Waals surface area contributed by atoms with E-state index >= 15 is 0 Å². The van der Waals surface area contributed by atoms with Crippen molar-refractivity contribution in [3.8, 4) is 11.6 Å². The zero-order valence-corrected chi connectivity index (χ0v) is 19.2. The maximum absolute atomic E-state index is 13.5. The summed E-state index contributed by atoms with van der Waals surface area (Å²) in [7, 11) is 7.69. The number of methoxy groups -OCH3 is 1. The zero-order chi connectivity index (χ0) is 23.5. The summed E-state index contributed by atoms with van der Waals surface area (Å²) >= 11 is 0. The van der Waals surface area contributed by atoms with Crippen LogP contribution in [0.5, 0.6) is 5.75 Å². The molecule has 0 atom stereocenters. The van der Waals surface area contributed by atoms with Crippen LogP contribution in [0.4, 0.5) is 27.4 Å². The van der Waals surface area contributed by atoms with Crippen molar-refractivity contribution in [1.29, 1.82) is 0 Å². The van der Waals surface area contributed by atoms with E-state index in [1.807, 2.05) is 50.1 Å². The first-order chi connectivity index (χ1) is 15.9. The largest absolute Gasteiger partial charge is 0.494 e. The fraction of sp³-hybridized carbons (Fsp3) is 0.250. The van der Waals surface area contributed by atoms with Crippen LogP contribution < -0.4 is 20.7 Å². The first-order valence-electron chi connectivity index (χ1n) is 10.6. The van der Waals surface area contributed by atoms with Gasteiger partial charge in [0.1, 0.15) is 17.4 Å². The fourth-order valence-electron chi connectivity index (χ4n) is 3.63. The Morgan fingerprint density at radius 1 is 1.09 bits per heavy atom. The predicted octanol–water partition coefficient (Wildman–Crippen LogP) is 3.89. The number of nitrogens with one attached hydrogen (secondary N) is 1. The minimum Gasteiger partial charge on any atom is -0.494 e. The molecule has 0 unspecified atom stereocenters. The Morgan fingerprint density at radius 3 is 2.67 bits per heavy atom. The number of nitrogens with zero attached hydrogens (tertiary/aromatic N) is 5. The molecule has 4 rings (SSSR count). The summed E-state index contributed by atoms with van der Waals surface area (Å²) in [5, 5.41) is 4.01. The number of fused-ring (bicyclic) bond motifs is 1. The molecule has 0 aliphatic rings. The van der Waals surface area contributed by atoms with Gasteiger partial charge in [0.05, 0.1) is 29.7 Å².